The molecule has 0 aliphatic carbocycles. The predicted octanol–water partition coefficient (Wildman–Crippen LogP) is 2.70. The second kappa shape index (κ2) is 4.80. The summed E-state index contributed by atoms with van der Waals surface area (Å²) in [6, 6.07) is 8.02. The number of fused-ring (bicyclic) bond motifs is 3. The molecule has 0 saturated carbocycles. The first-order valence-corrected chi connectivity index (χ1v) is 6.61. The van der Waals surface area contributed by atoms with Crippen molar-refractivity contribution in [2.75, 3.05) is 20.8 Å². The molecule has 0 aromatic heterocycles. The molecule has 2 aromatic carbocycles. The molecule has 4 nitrogen and oxygen atoms in total. The number of ketones is 1. The van der Waals surface area contributed by atoms with Crippen molar-refractivity contribution in [2.24, 2.45) is 0 Å². The molecule has 1 aliphatic rings. The van der Waals surface area contributed by atoms with E-state index in [0.29, 0.717) is 18.0 Å². The fourth-order valence-corrected chi connectivity index (χ4v) is 2.78. The zero-order valence-corrected chi connectivity index (χ0v) is 11.8. The second-order valence-corrected chi connectivity index (χ2v) is 4.98. The summed E-state index contributed by atoms with van der Waals surface area (Å²) in [5.41, 5.74) is 1.84. The van der Waals surface area contributed by atoms with Gasteiger partial charge in [0.25, 0.3) is 0 Å². The molecule has 3 rings (SSSR count). The molecule has 0 amide bonds. The Labute approximate surface area is 117 Å². The minimum absolute atomic E-state index is 0.121. The molecule has 4 heteroatoms. The van der Waals surface area contributed by atoms with E-state index in [9.17, 15) is 4.79 Å². The van der Waals surface area contributed by atoms with E-state index in [4.69, 9.17) is 9.47 Å². The molecule has 1 aliphatic heterocycles. The van der Waals surface area contributed by atoms with Gasteiger partial charge in [0.15, 0.2) is 17.3 Å². The van der Waals surface area contributed by atoms with Crippen LogP contribution in [0.5, 0.6) is 11.5 Å². The Morgan fingerprint density at radius 3 is 2.55 bits per heavy atom. The average Bonchev–Trinajstić information content (AvgIpc) is 2.48. The first kappa shape index (κ1) is 12.9. The maximum Gasteiger partial charge on any atom is 0.177 e. The van der Waals surface area contributed by atoms with E-state index in [1.54, 1.807) is 14.2 Å². The average molecular weight is 271 g/mol. The molecule has 104 valence electrons. The van der Waals surface area contributed by atoms with Crippen LogP contribution in [0.25, 0.3) is 10.8 Å². The Morgan fingerprint density at radius 2 is 1.85 bits per heavy atom. The third-order valence-electron chi connectivity index (χ3n) is 3.87. The van der Waals surface area contributed by atoms with Gasteiger partial charge in [0.05, 0.1) is 20.8 Å². The van der Waals surface area contributed by atoms with Gasteiger partial charge >= 0.3 is 0 Å². The maximum absolute atomic E-state index is 12.3. The van der Waals surface area contributed by atoms with E-state index < -0.39 is 0 Å². The van der Waals surface area contributed by atoms with Crippen LogP contribution < -0.4 is 14.8 Å². The number of carbonyl (C=O) groups excluding carboxylic acids is 1. The molecule has 0 bridgehead atoms. The maximum atomic E-state index is 12.3. The van der Waals surface area contributed by atoms with Crippen LogP contribution in [0.1, 0.15) is 28.9 Å². The third-order valence-corrected chi connectivity index (χ3v) is 3.87. The summed E-state index contributed by atoms with van der Waals surface area (Å²) in [6.07, 6.45) is 0. The minimum atomic E-state index is 0.121. The molecule has 0 saturated heterocycles. The van der Waals surface area contributed by atoms with Gasteiger partial charge in [0, 0.05) is 11.6 Å². The number of nitrogens with one attached hydrogen (secondary N) is 1. The SMILES string of the molecule is COc1cc2ccc3c(c2cc1OC)C(=O)CNC3C. The number of Topliss-reactive ketones (excluding diaryl/α,β-unsaturated/α-hetero) is 1. The molecule has 1 atom stereocenters. The van der Waals surface area contributed by atoms with Crippen molar-refractivity contribution in [2.45, 2.75) is 13.0 Å². The Morgan fingerprint density at radius 1 is 1.15 bits per heavy atom. The van der Waals surface area contributed by atoms with Crippen LogP contribution >= 0.6 is 0 Å². The van der Waals surface area contributed by atoms with Gasteiger partial charge in [-0.2, -0.15) is 0 Å². The van der Waals surface area contributed by atoms with Crippen LogP contribution in [0.2, 0.25) is 0 Å². The van der Waals surface area contributed by atoms with E-state index in [1.165, 1.54) is 0 Å². The highest BCUT2D eigenvalue weighted by atomic mass is 16.5. The zero-order valence-electron chi connectivity index (χ0n) is 11.8. The smallest absolute Gasteiger partial charge is 0.177 e. The van der Waals surface area contributed by atoms with E-state index >= 15 is 0 Å². The topological polar surface area (TPSA) is 47.6 Å². The van der Waals surface area contributed by atoms with Crippen LogP contribution in [0.4, 0.5) is 0 Å². The lowest BCUT2D eigenvalue weighted by Crippen LogP contribution is -2.33. The summed E-state index contributed by atoms with van der Waals surface area (Å²) in [4.78, 5) is 12.3. The van der Waals surface area contributed by atoms with Crippen molar-refractivity contribution in [1.29, 1.82) is 0 Å². The van der Waals surface area contributed by atoms with Crippen molar-refractivity contribution in [3.8, 4) is 11.5 Å². The first-order chi connectivity index (χ1) is 9.65. The van der Waals surface area contributed by atoms with Crippen LogP contribution in [0, 0.1) is 0 Å². The second-order valence-electron chi connectivity index (χ2n) is 4.98. The fourth-order valence-electron chi connectivity index (χ4n) is 2.78. The Balaban J connectivity index is 2.34. The van der Waals surface area contributed by atoms with Gasteiger partial charge in [-0.25, -0.2) is 0 Å². The molecule has 2 aromatic rings. The van der Waals surface area contributed by atoms with Gasteiger partial charge in [-0.05, 0) is 35.4 Å². The van der Waals surface area contributed by atoms with Crippen molar-refractivity contribution >= 4 is 16.6 Å². The number of carbonyl (C=O) groups is 1. The zero-order chi connectivity index (χ0) is 14.3. The largest absolute Gasteiger partial charge is 0.493 e. The summed E-state index contributed by atoms with van der Waals surface area (Å²) < 4.78 is 10.7. The summed E-state index contributed by atoms with van der Waals surface area (Å²) >= 11 is 0. The quantitative estimate of drug-likeness (QED) is 0.912. The molecule has 1 heterocycles. The highest BCUT2D eigenvalue weighted by molar-refractivity contribution is 6.11. The molecule has 0 fully saturated rings. The Hall–Kier alpha value is -2.07. The van der Waals surface area contributed by atoms with Gasteiger partial charge in [-0.3, -0.25) is 4.79 Å². The van der Waals surface area contributed by atoms with E-state index in [1.807, 2.05) is 24.3 Å². The van der Waals surface area contributed by atoms with Gasteiger partial charge in [-0.15, -0.1) is 0 Å². The number of methoxy groups -OCH3 is 2. The number of hydrogen-bond acceptors (Lipinski definition) is 4. The predicted molar refractivity (Wildman–Crippen MR) is 77.8 cm³/mol. The highest BCUT2D eigenvalue weighted by Gasteiger charge is 2.24. The first-order valence-electron chi connectivity index (χ1n) is 6.61. The molecule has 0 radical (unpaired) electrons. The molecular formula is C16H17NO3. The third kappa shape index (κ3) is 1.84. The van der Waals surface area contributed by atoms with Crippen molar-refractivity contribution in [3.05, 3.63) is 35.4 Å². The van der Waals surface area contributed by atoms with Crippen LogP contribution in [0.3, 0.4) is 0 Å². The lowest BCUT2D eigenvalue weighted by atomic mass is 9.89. The number of rotatable bonds is 2. The summed E-state index contributed by atoms with van der Waals surface area (Å²) in [5.74, 6) is 1.44. The molecule has 20 heavy (non-hydrogen) atoms. The molecule has 1 N–H and O–H groups in total. The lowest BCUT2D eigenvalue weighted by Gasteiger charge is -2.24. The monoisotopic (exact) mass is 271 g/mol. The molecular weight excluding hydrogens is 254 g/mol. The van der Waals surface area contributed by atoms with Gasteiger partial charge in [0.2, 0.25) is 0 Å². The summed E-state index contributed by atoms with van der Waals surface area (Å²) in [6.45, 7) is 2.44. The van der Waals surface area contributed by atoms with E-state index in [2.05, 4.69) is 12.2 Å². The van der Waals surface area contributed by atoms with Crippen molar-refractivity contribution < 1.29 is 14.3 Å². The summed E-state index contributed by atoms with van der Waals surface area (Å²) in [5, 5.41) is 5.12. The van der Waals surface area contributed by atoms with Crippen molar-refractivity contribution in [1.82, 2.24) is 5.32 Å². The Bertz CT molecular complexity index is 694. The van der Waals surface area contributed by atoms with E-state index in [0.717, 1.165) is 21.9 Å². The number of benzene rings is 2. The van der Waals surface area contributed by atoms with Crippen LogP contribution in [0.15, 0.2) is 24.3 Å². The number of hydrogen-bond donors (Lipinski definition) is 1. The van der Waals surface area contributed by atoms with E-state index in [-0.39, 0.29) is 11.8 Å². The van der Waals surface area contributed by atoms with Gasteiger partial charge < -0.3 is 14.8 Å². The van der Waals surface area contributed by atoms with Gasteiger partial charge in [0.1, 0.15) is 0 Å². The standard InChI is InChI=1S/C16H17NO3/c1-9-11-5-4-10-6-14(19-2)15(20-3)7-12(10)16(11)13(18)8-17-9/h4-7,9,17H,8H2,1-3H3. The fraction of sp³-hybridized carbons (Fsp3) is 0.312. The molecule has 1 unspecified atom stereocenters. The number of ether oxygens (including phenoxy) is 2. The normalized spacial score (nSPS) is 17.9. The van der Waals surface area contributed by atoms with Crippen molar-refractivity contribution in [3.63, 3.8) is 0 Å². The summed E-state index contributed by atoms with van der Waals surface area (Å²) in [7, 11) is 3.21. The minimum Gasteiger partial charge on any atom is -0.493 e. The van der Waals surface area contributed by atoms with Crippen LogP contribution in [-0.4, -0.2) is 26.5 Å². The lowest BCUT2D eigenvalue weighted by molar-refractivity contribution is 0.0978. The molecule has 0 spiro atoms. The van der Waals surface area contributed by atoms with Gasteiger partial charge in [-0.1, -0.05) is 12.1 Å². The van der Waals surface area contributed by atoms with Crippen LogP contribution in [-0.2, 0) is 0 Å². The Kier molecular flexibility index (Phi) is 3.10. The highest BCUT2D eigenvalue weighted by Crippen LogP contribution is 2.37.